The Balaban J connectivity index is 1.92. The minimum absolute atomic E-state index is 0.0754. The molecule has 0 radical (unpaired) electrons. The van der Waals surface area contributed by atoms with Gasteiger partial charge >= 0.3 is 0 Å². The van der Waals surface area contributed by atoms with Crippen LogP contribution in [-0.4, -0.2) is 31.8 Å². The normalized spacial score (nSPS) is 13.3. The molecule has 4 rings (SSSR count). The van der Waals surface area contributed by atoms with E-state index in [4.69, 9.17) is 14.2 Å². The Labute approximate surface area is 158 Å². The number of nitrogens with zero attached hydrogens (tertiary/aromatic N) is 1. The van der Waals surface area contributed by atoms with Crippen LogP contribution < -0.4 is 14.2 Å². The van der Waals surface area contributed by atoms with Crippen LogP contribution in [0, 0.1) is 0 Å². The Bertz CT molecular complexity index is 994. The second-order valence-electron chi connectivity index (χ2n) is 6.70. The lowest BCUT2D eigenvalue weighted by Gasteiger charge is -2.17. The van der Waals surface area contributed by atoms with Gasteiger partial charge in [-0.15, -0.1) is 0 Å². The summed E-state index contributed by atoms with van der Waals surface area (Å²) in [5, 5.41) is 1.17. The van der Waals surface area contributed by atoms with Crippen LogP contribution in [-0.2, 0) is 12.8 Å². The Kier molecular flexibility index (Phi) is 4.52. The number of hydrogen-bond acceptors (Lipinski definition) is 4. The fraction of sp³-hybridized carbons (Fsp3) is 0.318. The van der Waals surface area contributed by atoms with Gasteiger partial charge in [-0.1, -0.05) is 18.2 Å². The summed E-state index contributed by atoms with van der Waals surface area (Å²) in [6.07, 6.45) is 4.21. The number of carbonyl (C=O) groups is 1. The van der Waals surface area contributed by atoms with Gasteiger partial charge < -0.3 is 14.2 Å². The third kappa shape index (κ3) is 2.74. The first-order valence-electron chi connectivity index (χ1n) is 9.15. The maximum atomic E-state index is 13.5. The first-order valence-corrected chi connectivity index (χ1v) is 9.15. The van der Waals surface area contributed by atoms with Crippen LogP contribution in [0.1, 0.15) is 34.5 Å². The molecule has 1 aromatic heterocycles. The summed E-state index contributed by atoms with van der Waals surface area (Å²) >= 11 is 0. The van der Waals surface area contributed by atoms with Crippen molar-refractivity contribution in [2.45, 2.75) is 25.7 Å². The van der Waals surface area contributed by atoms with Crippen LogP contribution >= 0.6 is 0 Å². The highest BCUT2D eigenvalue weighted by Crippen LogP contribution is 2.39. The molecule has 1 heterocycles. The molecule has 0 unspecified atom stereocenters. The van der Waals surface area contributed by atoms with Gasteiger partial charge in [-0.3, -0.25) is 9.36 Å². The third-order valence-corrected chi connectivity index (χ3v) is 5.29. The van der Waals surface area contributed by atoms with E-state index < -0.39 is 0 Å². The minimum Gasteiger partial charge on any atom is -0.493 e. The van der Waals surface area contributed by atoms with E-state index in [0.29, 0.717) is 22.8 Å². The Morgan fingerprint density at radius 1 is 0.926 bits per heavy atom. The second-order valence-corrected chi connectivity index (χ2v) is 6.70. The molecule has 3 aromatic rings. The molecule has 0 atom stereocenters. The summed E-state index contributed by atoms with van der Waals surface area (Å²) in [5.74, 6) is 1.36. The standard InChI is InChI=1S/C22H23NO4/c1-25-19-12-14(13-20(26-2)21(19)27-3)22(24)23-17-10-6-4-8-15(17)16-9-5-7-11-18(16)23/h4,6,8,10,12-13H,5,7,9,11H2,1-3H3. The zero-order valence-electron chi connectivity index (χ0n) is 15.9. The van der Waals surface area contributed by atoms with Gasteiger partial charge in [0.15, 0.2) is 11.5 Å². The molecular weight excluding hydrogens is 342 g/mol. The first kappa shape index (κ1) is 17.5. The molecule has 0 aliphatic heterocycles. The van der Waals surface area contributed by atoms with Gasteiger partial charge in [0, 0.05) is 16.6 Å². The predicted octanol–water partition coefficient (Wildman–Crippen LogP) is 4.23. The number of methoxy groups -OCH3 is 3. The molecule has 1 aliphatic rings. The summed E-state index contributed by atoms with van der Waals surface area (Å²) in [6.45, 7) is 0. The number of benzene rings is 2. The molecular formula is C22H23NO4. The Morgan fingerprint density at radius 2 is 1.59 bits per heavy atom. The molecule has 2 aromatic carbocycles. The van der Waals surface area contributed by atoms with Gasteiger partial charge in [0.05, 0.1) is 26.8 Å². The van der Waals surface area contributed by atoms with E-state index in [1.54, 1.807) is 33.5 Å². The lowest BCUT2D eigenvalue weighted by atomic mass is 9.95. The van der Waals surface area contributed by atoms with Crippen molar-refractivity contribution in [1.29, 1.82) is 0 Å². The zero-order chi connectivity index (χ0) is 19.0. The van der Waals surface area contributed by atoms with Crippen molar-refractivity contribution in [3.05, 3.63) is 53.2 Å². The summed E-state index contributed by atoms with van der Waals surface area (Å²) < 4.78 is 18.1. The number of hydrogen-bond donors (Lipinski definition) is 0. The van der Waals surface area contributed by atoms with Crippen molar-refractivity contribution in [3.8, 4) is 17.2 Å². The Hall–Kier alpha value is -2.95. The molecule has 27 heavy (non-hydrogen) atoms. The van der Waals surface area contributed by atoms with Crippen LogP contribution in [0.3, 0.4) is 0 Å². The van der Waals surface area contributed by atoms with E-state index in [2.05, 4.69) is 6.07 Å². The average molecular weight is 365 g/mol. The van der Waals surface area contributed by atoms with Crippen molar-refractivity contribution in [3.63, 3.8) is 0 Å². The van der Waals surface area contributed by atoms with Crippen LogP contribution in [0.2, 0.25) is 0 Å². The zero-order valence-corrected chi connectivity index (χ0v) is 15.9. The number of rotatable bonds is 4. The molecule has 140 valence electrons. The summed E-state index contributed by atoms with van der Waals surface area (Å²) in [5.41, 5.74) is 3.90. The van der Waals surface area contributed by atoms with E-state index >= 15 is 0 Å². The molecule has 0 saturated heterocycles. The highest BCUT2D eigenvalue weighted by Gasteiger charge is 2.25. The molecule has 0 bridgehead atoms. The molecule has 0 fully saturated rings. The van der Waals surface area contributed by atoms with Crippen molar-refractivity contribution in [1.82, 2.24) is 4.57 Å². The van der Waals surface area contributed by atoms with Gasteiger partial charge in [-0.05, 0) is 49.4 Å². The van der Waals surface area contributed by atoms with Gasteiger partial charge in [-0.2, -0.15) is 0 Å². The number of para-hydroxylation sites is 1. The number of aromatic nitrogens is 1. The quantitative estimate of drug-likeness (QED) is 0.694. The van der Waals surface area contributed by atoms with E-state index in [1.807, 2.05) is 22.8 Å². The van der Waals surface area contributed by atoms with Gasteiger partial charge in [-0.25, -0.2) is 0 Å². The van der Waals surface area contributed by atoms with Crippen LogP contribution in [0.4, 0.5) is 0 Å². The van der Waals surface area contributed by atoms with E-state index in [1.165, 1.54) is 17.4 Å². The highest BCUT2D eigenvalue weighted by atomic mass is 16.5. The fourth-order valence-corrected chi connectivity index (χ4v) is 4.06. The molecule has 0 amide bonds. The number of aryl methyl sites for hydroxylation is 1. The average Bonchev–Trinajstić information content (AvgIpc) is 3.06. The highest BCUT2D eigenvalue weighted by molar-refractivity contribution is 6.04. The lowest BCUT2D eigenvalue weighted by Crippen LogP contribution is -2.17. The molecule has 5 nitrogen and oxygen atoms in total. The number of fused-ring (bicyclic) bond motifs is 3. The summed E-state index contributed by atoms with van der Waals surface area (Å²) in [4.78, 5) is 13.5. The topological polar surface area (TPSA) is 49.7 Å². The van der Waals surface area contributed by atoms with Crippen molar-refractivity contribution < 1.29 is 19.0 Å². The predicted molar refractivity (Wildman–Crippen MR) is 104 cm³/mol. The van der Waals surface area contributed by atoms with E-state index in [-0.39, 0.29) is 5.91 Å². The van der Waals surface area contributed by atoms with Crippen molar-refractivity contribution in [2.24, 2.45) is 0 Å². The molecule has 0 spiro atoms. The van der Waals surface area contributed by atoms with Crippen molar-refractivity contribution in [2.75, 3.05) is 21.3 Å². The molecule has 1 aliphatic carbocycles. The maximum Gasteiger partial charge on any atom is 0.262 e. The number of ether oxygens (including phenoxy) is 3. The van der Waals surface area contributed by atoms with E-state index in [0.717, 1.165) is 30.5 Å². The van der Waals surface area contributed by atoms with Crippen LogP contribution in [0.5, 0.6) is 17.2 Å². The summed E-state index contributed by atoms with van der Waals surface area (Å²) in [7, 11) is 4.66. The SMILES string of the molecule is COc1cc(C(=O)n2c3c(c4ccccc42)CCCC3)cc(OC)c1OC. The smallest absolute Gasteiger partial charge is 0.262 e. The maximum absolute atomic E-state index is 13.5. The van der Waals surface area contributed by atoms with E-state index in [9.17, 15) is 4.79 Å². The fourth-order valence-electron chi connectivity index (χ4n) is 4.06. The monoisotopic (exact) mass is 365 g/mol. The first-order chi connectivity index (χ1) is 13.2. The molecule has 0 N–H and O–H groups in total. The van der Waals surface area contributed by atoms with Crippen LogP contribution in [0.25, 0.3) is 10.9 Å². The van der Waals surface area contributed by atoms with Crippen molar-refractivity contribution >= 4 is 16.8 Å². The van der Waals surface area contributed by atoms with Gasteiger partial charge in [0.25, 0.3) is 5.91 Å². The minimum atomic E-state index is -0.0754. The van der Waals surface area contributed by atoms with Gasteiger partial charge in [0.2, 0.25) is 5.75 Å². The molecule has 0 saturated carbocycles. The summed E-state index contributed by atoms with van der Waals surface area (Å²) in [6, 6.07) is 11.6. The van der Waals surface area contributed by atoms with Crippen LogP contribution in [0.15, 0.2) is 36.4 Å². The lowest BCUT2D eigenvalue weighted by molar-refractivity contribution is 0.0960. The third-order valence-electron chi connectivity index (χ3n) is 5.29. The Morgan fingerprint density at radius 3 is 2.26 bits per heavy atom. The molecule has 5 heteroatoms. The second kappa shape index (κ2) is 6.99. The van der Waals surface area contributed by atoms with Gasteiger partial charge in [0.1, 0.15) is 0 Å². The number of carbonyl (C=O) groups excluding carboxylic acids is 1. The largest absolute Gasteiger partial charge is 0.493 e.